The second-order valence-corrected chi connectivity index (χ2v) is 7.65. The summed E-state index contributed by atoms with van der Waals surface area (Å²) in [6, 6.07) is 33.1. The third-order valence-corrected chi connectivity index (χ3v) is 5.38. The fourth-order valence-electron chi connectivity index (χ4n) is 3.74. The number of carbonyl (C=O) groups excluding carboxylic acids is 2. The SMILES string of the molecule is O=C(N[C@@H](C(=O)NCc1ccccn1)c1ccccc1)C(c1ccccc1)c1ccccc1. The van der Waals surface area contributed by atoms with E-state index in [4.69, 9.17) is 0 Å². The highest BCUT2D eigenvalue weighted by atomic mass is 16.2. The highest BCUT2D eigenvalue weighted by Crippen LogP contribution is 2.26. The largest absolute Gasteiger partial charge is 0.348 e. The first kappa shape index (κ1) is 22.0. The molecule has 1 atom stereocenters. The van der Waals surface area contributed by atoms with E-state index in [-0.39, 0.29) is 18.4 Å². The van der Waals surface area contributed by atoms with Crippen molar-refractivity contribution in [1.82, 2.24) is 15.6 Å². The molecule has 0 unspecified atom stereocenters. The van der Waals surface area contributed by atoms with Gasteiger partial charge < -0.3 is 10.6 Å². The van der Waals surface area contributed by atoms with Gasteiger partial charge in [0.1, 0.15) is 6.04 Å². The van der Waals surface area contributed by atoms with E-state index in [2.05, 4.69) is 15.6 Å². The Bertz CT molecular complexity index is 1130. The van der Waals surface area contributed by atoms with Gasteiger partial charge in [0.2, 0.25) is 11.8 Å². The molecule has 1 aromatic heterocycles. The van der Waals surface area contributed by atoms with Gasteiger partial charge in [-0.15, -0.1) is 0 Å². The molecule has 3 aromatic carbocycles. The number of pyridine rings is 1. The molecule has 5 nitrogen and oxygen atoms in total. The molecular weight excluding hydrogens is 410 g/mol. The molecule has 0 fully saturated rings. The molecule has 164 valence electrons. The molecule has 4 rings (SSSR count). The number of nitrogens with one attached hydrogen (secondary N) is 2. The smallest absolute Gasteiger partial charge is 0.247 e. The first-order valence-electron chi connectivity index (χ1n) is 10.8. The molecule has 0 saturated heterocycles. The Morgan fingerprint density at radius 3 is 1.67 bits per heavy atom. The maximum Gasteiger partial charge on any atom is 0.247 e. The second-order valence-electron chi connectivity index (χ2n) is 7.65. The van der Waals surface area contributed by atoms with E-state index in [1.807, 2.05) is 109 Å². The molecule has 2 amide bonds. The van der Waals surface area contributed by atoms with Gasteiger partial charge in [-0.2, -0.15) is 0 Å². The van der Waals surface area contributed by atoms with Crippen LogP contribution < -0.4 is 10.6 Å². The summed E-state index contributed by atoms with van der Waals surface area (Å²) in [6.07, 6.45) is 1.68. The minimum absolute atomic E-state index is 0.241. The summed E-state index contributed by atoms with van der Waals surface area (Å²) >= 11 is 0. The normalized spacial score (nSPS) is 11.5. The average Bonchev–Trinajstić information content (AvgIpc) is 2.88. The van der Waals surface area contributed by atoms with Crippen molar-refractivity contribution in [3.63, 3.8) is 0 Å². The van der Waals surface area contributed by atoms with Crippen LogP contribution in [0, 0.1) is 0 Å². The van der Waals surface area contributed by atoms with E-state index in [0.29, 0.717) is 5.56 Å². The van der Waals surface area contributed by atoms with Crippen molar-refractivity contribution in [1.29, 1.82) is 0 Å². The number of nitrogens with zero attached hydrogens (tertiary/aromatic N) is 1. The lowest BCUT2D eigenvalue weighted by Crippen LogP contribution is -2.42. The number of aromatic nitrogens is 1. The summed E-state index contributed by atoms with van der Waals surface area (Å²) in [6.45, 7) is 0.277. The Hall–Kier alpha value is -4.25. The quantitative estimate of drug-likeness (QED) is 0.431. The molecule has 1 heterocycles. The van der Waals surface area contributed by atoms with Crippen LogP contribution in [-0.2, 0) is 16.1 Å². The van der Waals surface area contributed by atoms with E-state index in [1.54, 1.807) is 6.20 Å². The lowest BCUT2D eigenvalue weighted by molar-refractivity contribution is -0.129. The molecule has 0 saturated carbocycles. The van der Waals surface area contributed by atoms with Crippen LogP contribution in [0.1, 0.15) is 34.3 Å². The third kappa shape index (κ3) is 5.71. The van der Waals surface area contributed by atoms with E-state index in [1.165, 1.54) is 0 Å². The standard InChI is InChI=1S/C28H25N3O2/c32-27(25(21-12-4-1-5-13-21)22-14-6-2-7-15-22)31-26(23-16-8-3-9-17-23)28(33)30-20-24-18-10-11-19-29-24/h1-19,25-26H,20H2,(H,30,33)(H,31,32)/t26-/m1/s1. The molecule has 0 aliphatic heterocycles. The van der Waals surface area contributed by atoms with Crippen molar-refractivity contribution in [3.8, 4) is 0 Å². The number of rotatable bonds is 8. The van der Waals surface area contributed by atoms with Gasteiger partial charge in [-0.25, -0.2) is 0 Å². The van der Waals surface area contributed by atoms with Gasteiger partial charge in [-0.3, -0.25) is 14.6 Å². The maximum absolute atomic E-state index is 13.6. The molecule has 2 N–H and O–H groups in total. The molecule has 0 spiro atoms. The zero-order valence-corrected chi connectivity index (χ0v) is 18.1. The predicted molar refractivity (Wildman–Crippen MR) is 128 cm³/mol. The van der Waals surface area contributed by atoms with Crippen LogP contribution in [0.2, 0.25) is 0 Å². The summed E-state index contributed by atoms with van der Waals surface area (Å²) in [4.78, 5) is 31.0. The number of amides is 2. The van der Waals surface area contributed by atoms with Gasteiger partial charge in [-0.1, -0.05) is 97.1 Å². The summed E-state index contributed by atoms with van der Waals surface area (Å²) < 4.78 is 0. The Balaban J connectivity index is 1.60. The van der Waals surface area contributed by atoms with Crippen LogP contribution in [0.3, 0.4) is 0 Å². The minimum Gasteiger partial charge on any atom is -0.348 e. The Kier molecular flexibility index (Phi) is 7.23. The van der Waals surface area contributed by atoms with Gasteiger partial charge in [0.15, 0.2) is 0 Å². The molecule has 0 bridgehead atoms. The maximum atomic E-state index is 13.6. The summed E-state index contributed by atoms with van der Waals surface area (Å²) in [5, 5.41) is 5.90. The summed E-state index contributed by atoms with van der Waals surface area (Å²) in [5.74, 6) is -1.07. The van der Waals surface area contributed by atoms with Crippen molar-refractivity contribution in [2.45, 2.75) is 18.5 Å². The van der Waals surface area contributed by atoms with Crippen LogP contribution in [0.15, 0.2) is 115 Å². The summed E-state index contributed by atoms with van der Waals surface area (Å²) in [7, 11) is 0. The van der Waals surface area contributed by atoms with E-state index >= 15 is 0 Å². The van der Waals surface area contributed by atoms with Crippen LogP contribution in [0.4, 0.5) is 0 Å². The van der Waals surface area contributed by atoms with Crippen LogP contribution >= 0.6 is 0 Å². The van der Waals surface area contributed by atoms with E-state index in [0.717, 1.165) is 16.8 Å². The van der Waals surface area contributed by atoms with Crippen molar-refractivity contribution in [2.75, 3.05) is 0 Å². The molecule has 5 heteroatoms. The Morgan fingerprint density at radius 1 is 0.636 bits per heavy atom. The zero-order chi connectivity index (χ0) is 22.9. The Morgan fingerprint density at radius 2 is 1.15 bits per heavy atom. The fraction of sp³-hybridized carbons (Fsp3) is 0.107. The molecule has 0 radical (unpaired) electrons. The fourth-order valence-corrected chi connectivity index (χ4v) is 3.74. The highest BCUT2D eigenvalue weighted by molar-refractivity contribution is 5.93. The number of carbonyl (C=O) groups is 2. The average molecular weight is 436 g/mol. The van der Waals surface area contributed by atoms with Crippen LogP contribution in [0.25, 0.3) is 0 Å². The number of hydrogen-bond donors (Lipinski definition) is 2. The first-order chi connectivity index (χ1) is 16.2. The third-order valence-electron chi connectivity index (χ3n) is 5.38. The van der Waals surface area contributed by atoms with Gasteiger partial charge in [0, 0.05) is 6.20 Å². The highest BCUT2D eigenvalue weighted by Gasteiger charge is 2.28. The van der Waals surface area contributed by atoms with Crippen LogP contribution in [0.5, 0.6) is 0 Å². The second kappa shape index (κ2) is 10.9. The number of benzene rings is 3. The van der Waals surface area contributed by atoms with Gasteiger partial charge >= 0.3 is 0 Å². The lowest BCUT2D eigenvalue weighted by Gasteiger charge is -2.23. The van der Waals surface area contributed by atoms with Crippen molar-refractivity contribution in [3.05, 3.63) is 138 Å². The Labute approximate surface area is 193 Å². The van der Waals surface area contributed by atoms with Gasteiger partial charge in [-0.05, 0) is 28.8 Å². The van der Waals surface area contributed by atoms with Gasteiger partial charge in [0.05, 0.1) is 18.2 Å². The lowest BCUT2D eigenvalue weighted by atomic mass is 9.90. The molecular formula is C28H25N3O2. The molecule has 0 aliphatic rings. The van der Waals surface area contributed by atoms with Gasteiger partial charge in [0.25, 0.3) is 0 Å². The molecule has 33 heavy (non-hydrogen) atoms. The van der Waals surface area contributed by atoms with Crippen molar-refractivity contribution >= 4 is 11.8 Å². The van der Waals surface area contributed by atoms with E-state index < -0.39 is 12.0 Å². The molecule has 0 aliphatic carbocycles. The topological polar surface area (TPSA) is 71.1 Å². The first-order valence-corrected chi connectivity index (χ1v) is 10.8. The van der Waals surface area contributed by atoms with Crippen LogP contribution in [-0.4, -0.2) is 16.8 Å². The van der Waals surface area contributed by atoms with Crippen molar-refractivity contribution < 1.29 is 9.59 Å². The van der Waals surface area contributed by atoms with E-state index in [9.17, 15) is 9.59 Å². The zero-order valence-electron chi connectivity index (χ0n) is 18.1. The molecule has 4 aromatic rings. The summed E-state index contributed by atoms with van der Waals surface area (Å²) in [5.41, 5.74) is 3.18. The monoisotopic (exact) mass is 435 g/mol. The predicted octanol–water partition coefficient (Wildman–Crippen LogP) is 4.39. The van der Waals surface area contributed by atoms with Crippen molar-refractivity contribution in [2.24, 2.45) is 0 Å². The number of hydrogen-bond acceptors (Lipinski definition) is 3. The minimum atomic E-state index is -0.836.